The van der Waals surface area contributed by atoms with Gasteiger partial charge in [0, 0.05) is 18.9 Å². The molecule has 13 heavy (non-hydrogen) atoms. The Morgan fingerprint density at radius 1 is 1.54 bits per heavy atom. The monoisotopic (exact) mass is 195 g/mol. The van der Waals surface area contributed by atoms with E-state index in [-0.39, 0.29) is 5.91 Å². The molecule has 1 N–H and O–H groups in total. The standard InChI is InChI=1S/C10H17NOSi/c1-13(2,3)7-5-4-6-9-8-10(12)11-9/h9H,4,6,8H2,1-3H3,(H,11,12). The van der Waals surface area contributed by atoms with Gasteiger partial charge in [-0.2, -0.15) is 0 Å². The molecule has 1 fully saturated rings. The lowest BCUT2D eigenvalue weighted by Gasteiger charge is -2.25. The molecule has 1 heterocycles. The summed E-state index contributed by atoms with van der Waals surface area (Å²) in [6.07, 6.45) is 2.65. The van der Waals surface area contributed by atoms with E-state index in [9.17, 15) is 4.79 Å². The summed E-state index contributed by atoms with van der Waals surface area (Å²) in [6, 6.07) is 0.406. The van der Waals surface area contributed by atoms with Crippen LogP contribution in [-0.2, 0) is 4.79 Å². The summed E-state index contributed by atoms with van der Waals surface area (Å²) in [5.74, 6) is 3.38. The van der Waals surface area contributed by atoms with Crippen LogP contribution < -0.4 is 5.32 Å². The van der Waals surface area contributed by atoms with Crippen molar-refractivity contribution in [2.24, 2.45) is 0 Å². The first-order valence-electron chi connectivity index (χ1n) is 4.77. The van der Waals surface area contributed by atoms with E-state index < -0.39 is 8.07 Å². The summed E-state index contributed by atoms with van der Waals surface area (Å²) in [6.45, 7) is 6.72. The maximum atomic E-state index is 10.6. The van der Waals surface area contributed by atoms with Crippen LogP contribution in [0.4, 0.5) is 0 Å². The topological polar surface area (TPSA) is 29.1 Å². The Bertz CT molecular complexity index is 248. The number of carbonyl (C=O) groups is 1. The fourth-order valence-electron chi connectivity index (χ4n) is 1.18. The zero-order valence-electron chi connectivity index (χ0n) is 8.61. The minimum atomic E-state index is -1.18. The van der Waals surface area contributed by atoms with Gasteiger partial charge in [0.2, 0.25) is 5.91 Å². The van der Waals surface area contributed by atoms with Crippen LogP contribution >= 0.6 is 0 Å². The lowest BCUT2D eigenvalue weighted by Crippen LogP contribution is -2.48. The average molecular weight is 195 g/mol. The lowest BCUT2D eigenvalue weighted by atomic mass is 10.0. The molecule has 0 spiro atoms. The van der Waals surface area contributed by atoms with E-state index >= 15 is 0 Å². The minimum Gasteiger partial charge on any atom is -0.353 e. The maximum absolute atomic E-state index is 10.6. The summed E-state index contributed by atoms with van der Waals surface area (Å²) >= 11 is 0. The largest absolute Gasteiger partial charge is 0.353 e. The fourth-order valence-corrected chi connectivity index (χ4v) is 1.83. The molecule has 1 atom stereocenters. The molecule has 3 heteroatoms. The van der Waals surface area contributed by atoms with Crippen LogP contribution in [0.1, 0.15) is 19.3 Å². The molecule has 0 aliphatic carbocycles. The molecule has 1 aliphatic rings. The number of hydrogen-bond acceptors (Lipinski definition) is 1. The predicted molar refractivity (Wildman–Crippen MR) is 56.9 cm³/mol. The van der Waals surface area contributed by atoms with E-state index in [4.69, 9.17) is 0 Å². The number of hydrogen-bond donors (Lipinski definition) is 1. The second-order valence-electron chi connectivity index (χ2n) is 4.56. The molecular weight excluding hydrogens is 178 g/mol. The molecule has 0 saturated carbocycles. The Kier molecular flexibility index (Phi) is 3.15. The van der Waals surface area contributed by atoms with E-state index in [0.29, 0.717) is 12.5 Å². The Morgan fingerprint density at radius 3 is 2.62 bits per heavy atom. The molecule has 1 unspecified atom stereocenters. The van der Waals surface area contributed by atoms with Crippen molar-refractivity contribution in [1.82, 2.24) is 5.32 Å². The summed E-state index contributed by atoms with van der Waals surface area (Å²) in [5.41, 5.74) is 3.31. The number of nitrogens with one attached hydrogen (secondary N) is 1. The van der Waals surface area contributed by atoms with Crippen LogP contribution in [-0.4, -0.2) is 20.0 Å². The van der Waals surface area contributed by atoms with Gasteiger partial charge < -0.3 is 5.32 Å². The van der Waals surface area contributed by atoms with Crippen molar-refractivity contribution in [3.63, 3.8) is 0 Å². The van der Waals surface area contributed by atoms with Crippen molar-refractivity contribution in [3.8, 4) is 11.5 Å². The van der Waals surface area contributed by atoms with Gasteiger partial charge in [-0.1, -0.05) is 19.6 Å². The lowest BCUT2D eigenvalue weighted by molar-refractivity contribution is -0.128. The van der Waals surface area contributed by atoms with Crippen molar-refractivity contribution in [1.29, 1.82) is 0 Å². The van der Waals surface area contributed by atoms with Crippen LogP contribution in [0.2, 0.25) is 19.6 Å². The van der Waals surface area contributed by atoms with Crippen LogP contribution in [0.3, 0.4) is 0 Å². The van der Waals surface area contributed by atoms with E-state index in [1.54, 1.807) is 0 Å². The summed E-state index contributed by atoms with van der Waals surface area (Å²) in [4.78, 5) is 10.6. The highest BCUT2D eigenvalue weighted by Crippen LogP contribution is 2.09. The molecule has 72 valence electrons. The fraction of sp³-hybridized carbons (Fsp3) is 0.700. The number of rotatable bonds is 2. The van der Waals surface area contributed by atoms with Crippen molar-refractivity contribution < 1.29 is 4.79 Å². The highest BCUT2D eigenvalue weighted by atomic mass is 28.3. The molecule has 1 amide bonds. The molecule has 0 bridgehead atoms. The number of amides is 1. The quantitative estimate of drug-likeness (QED) is 0.404. The van der Waals surface area contributed by atoms with E-state index in [0.717, 1.165) is 12.8 Å². The van der Waals surface area contributed by atoms with Crippen LogP contribution in [0.15, 0.2) is 0 Å². The van der Waals surface area contributed by atoms with Crippen molar-refractivity contribution >= 4 is 14.0 Å². The summed E-state index contributed by atoms with van der Waals surface area (Å²) in [5, 5.41) is 2.85. The molecule has 0 radical (unpaired) electrons. The molecule has 2 nitrogen and oxygen atoms in total. The van der Waals surface area contributed by atoms with Gasteiger partial charge in [-0.3, -0.25) is 4.79 Å². The van der Waals surface area contributed by atoms with Crippen molar-refractivity contribution in [3.05, 3.63) is 0 Å². The van der Waals surface area contributed by atoms with Crippen LogP contribution in [0.5, 0.6) is 0 Å². The molecule has 0 aromatic rings. The van der Waals surface area contributed by atoms with Crippen LogP contribution in [0, 0.1) is 11.5 Å². The summed E-state index contributed by atoms with van der Waals surface area (Å²) in [7, 11) is -1.18. The smallest absolute Gasteiger partial charge is 0.222 e. The van der Waals surface area contributed by atoms with Gasteiger partial charge in [0.15, 0.2) is 0 Å². The molecule has 1 rings (SSSR count). The zero-order valence-corrected chi connectivity index (χ0v) is 9.61. The molecule has 1 aliphatic heterocycles. The summed E-state index contributed by atoms with van der Waals surface area (Å²) < 4.78 is 0. The van der Waals surface area contributed by atoms with Crippen molar-refractivity contribution in [2.75, 3.05) is 0 Å². The molecule has 1 saturated heterocycles. The third kappa shape index (κ3) is 4.14. The van der Waals surface area contributed by atoms with E-state index in [1.807, 2.05) is 0 Å². The molecule has 0 aromatic carbocycles. The normalized spacial score (nSPS) is 21.2. The predicted octanol–water partition coefficient (Wildman–Crippen LogP) is 1.54. The third-order valence-electron chi connectivity index (χ3n) is 1.88. The van der Waals surface area contributed by atoms with E-state index in [1.165, 1.54) is 0 Å². The highest BCUT2D eigenvalue weighted by Gasteiger charge is 2.23. The number of carbonyl (C=O) groups excluding carboxylic acids is 1. The van der Waals surface area contributed by atoms with Gasteiger partial charge in [-0.25, -0.2) is 0 Å². The highest BCUT2D eigenvalue weighted by molar-refractivity contribution is 6.83. The van der Waals surface area contributed by atoms with E-state index in [2.05, 4.69) is 36.4 Å². The van der Waals surface area contributed by atoms with Crippen LogP contribution in [0.25, 0.3) is 0 Å². The van der Waals surface area contributed by atoms with Gasteiger partial charge in [0.25, 0.3) is 0 Å². The molecular formula is C10H17NOSi. The van der Waals surface area contributed by atoms with Crippen molar-refractivity contribution in [2.45, 2.75) is 44.9 Å². The zero-order chi connectivity index (χ0) is 9.90. The Balaban J connectivity index is 2.13. The first-order valence-corrected chi connectivity index (χ1v) is 8.27. The SMILES string of the molecule is C[Si](C)(C)C#CCCC1CC(=O)N1. The third-order valence-corrected chi connectivity index (χ3v) is 2.80. The minimum absolute atomic E-state index is 0.183. The first-order chi connectivity index (χ1) is 5.97. The number of β-lactam (4-membered cyclic amide) rings is 1. The van der Waals surface area contributed by atoms with Gasteiger partial charge in [0.1, 0.15) is 8.07 Å². The van der Waals surface area contributed by atoms with Gasteiger partial charge in [-0.05, 0) is 6.42 Å². The Morgan fingerprint density at radius 2 is 2.15 bits per heavy atom. The first kappa shape index (κ1) is 10.3. The molecule has 0 aromatic heterocycles. The Hall–Kier alpha value is -0.753. The maximum Gasteiger partial charge on any atom is 0.222 e. The van der Waals surface area contributed by atoms with Gasteiger partial charge >= 0.3 is 0 Å². The average Bonchev–Trinajstić information content (AvgIpc) is 1.91. The second kappa shape index (κ2) is 3.97. The Labute approximate surface area is 81.1 Å². The van der Waals surface area contributed by atoms with Gasteiger partial charge in [0.05, 0.1) is 0 Å². The second-order valence-corrected chi connectivity index (χ2v) is 9.31. The van der Waals surface area contributed by atoms with Gasteiger partial charge in [-0.15, -0.1) is 11.5 Å².